The third-order valence-corrected chi connectivity index (χ3v) is 3.38. The van der Waals surface area contributed by atoms with E-state index < -0.39 is 10.8 Å². The average molecular weight is 362 g/mol. The Labute approximate surface area is 135 Å². The number of benzene rings is 2. The molecule has 0 atom stereocenters. The van der Waals surface area contributed by atoms with Crippen molar-refractivity contribution in [3.63, 3.8) is 0 Å². The first-order valence-electron chi connectivity index (χ1n) is 6.31. The van der Waals surface area contributed by atoms with E-state index in [0.717, 1.165) is 10.0 Å². The van der Waals surface area contributed by atoms with Crippen LogP contribution in [0.1, 0.15) is 21.5 Å². The summed E-state index contributed by atoms with van der Waals surface area (Å²) < 4.78 is 0.911. The Kier molecular flexibility index (Phi) is 5.00. The summed E-state index contributed by atoms with van der Waals surface area (Å²) >= 11 is 3.34. The minimum atomic E-state index is -0.484. The van der Waals surface area contributed by atoms with Crippen molar-refractivity contribution in [3.05, 3.63) is 73.7 Å². The number of nitro groups is 1. The van der Waals surface area contributed by atoms with Gasteiger partial charge in [-0.1, -0.05) is 28.1 Å². The largest absolute Gasteiger partial charge is 0.272 e. The van der Waals surface area contributed by atoms with Gasteiger partial charge in [0.25, 0.3) is 11.6 Å². The number of hydrogen-bond acceptors (Lipinski definition) is 4. The second-order valence-corrected chi connectivity index (χ2v) is 5.43. The van der Waals surface area contributed by atoms with E-state index in [9.17, 15) is 14.9 Å². The molecule has 0 aliphatic carbocycles. The summed E-state index contributed by atoms with van der Waals surface area (Å²) in [5, 5.41) is 14.6. The van der Waals surface area contributed by atoms with Crippen molar-refractivity contribution in [2.45, 2.75) is 6.92 Å². The van der Waals surface area contributed by atoms with Crippen LogP contribution in [0.5, 0.6) is 0 Å². The van der Waals surface area contributed by atoms with E-state index in [0.29, 0.717) is 11.1 Å². The van der Waals surface area contributed by atoms with Gasteiger partial charge < -0.3 is 0 Å². The monoisotopic (exact) mass is 361 g/mol. The predicted octanol–water partition coefficient (Wildman–Crippen LogP) is 3.43. The number of aryl methyl sites for hydroxylation is 1. The van der Waals surface area contributed by atoms with Gasteiger partial charge in [0.2, 0.25) is 0 Å². The number of hydrazone groups is 1. The summed E-state index contributed by atoms with van der Waals surface area (Å²) in [6, 6.07) is 11.6. The van der Waals surface area contributed by atoms with Gasteiger partial charge in [-0.2, -0.15) is 5.10 Å². The van der Waals surface area contributed by atoms with Crippen LogP contribution >= 0.6 is 15.9 Å². The molecular weight excluding hydrogens is 350 g/mol. The SMILES string of the molecule is Cc1cc(C(=O)N/N=C/c2cccc(Br)c2)ccc1[N+](=O)[O-]. The van der Waals surface area contributed by atoms with Gasteiger partial charge in [0.15, 0.2) is 0 Å². The van der Waals surface area contributed by atoms with Crippen LogP contribution in [0.4, 0.5) is 5.69 Å². The number of halogens is 1. The maximum atomic E-state index is 11.9. The molecule has 0 aliphatic heterocycles. The molecule has 1 amide bonds. The molecule has 2 rings (SSSR count). The molecule has 2 aromatic rings. The third-order valence-electron chi connectivity index (χ3n) is 2.88. The highest BCUT2D eigenvalue weighted by Gasteiger charge is 2.13. The summed E-state index contributed by atoms with van der Waals surface area (Å²) in [4.78, 5) is 22.2. The van der Waals surface area contributed by atoms with Crippen molar-refractivity contribution in [3.8, 4) is 0 Å². The average Bonchev–Trinajstić information content (AvgIpc) is 2.46. The van der Waals surface area contributed by atoms with E-state index in [-0.39, 0.29) is 5.69 Å². The van der Waals surface area contributed by atoms with Gasteiger partial charge in [0.1, 0.15) is 0 Å². The number of nitrogens with zero attached hydrogens (tertiary/aromatic N) is 2. The molecule has 22 heavy (non-hydrogen) atoms. The zero-order valence-corrected chi connectivity index (χ0v) is 13.2. The molecule has 0 saturated carbocycles. The standard InChI is InChI=1S/C15H12BrN3O3/c1-10-7-12(5-6-14(10)19(21)22)15(20)18-17-9-11-3-2-4-13(16)8-11/h2-9H,1H3,(H,18,20)/b17-9+. The Balaban J connectivity index is 2.06. The number of amides is 1. The molecule has 0 bridgehead atoms. The highest BCUT2D eigenvalue weighted by Crippen LogP contribution is 2.18. The van der Waals surface area contributed by atoms with Crippen molar-refractivity contribution in [1.82, 2.24) is 5.43 Å². The molecule has 2 aromatic carbocycles. The van der Waals surface area contributed by atoms with Crippen molar-refractivity contribution in [2.75, 3.05) is 0 Å². The predicted molar refractivity (Wildman–Crippen MR) is 87.0 cm³/mol. The molecule has 0 fully saturated rings. The number of nitro benzene ring substituents is 1. The van der Waals surface area contributed by atoms with Gasteiger partial charge in [-0.05, 0) is 36.8 Å². The van der Waals surface area contributed by atoms with Crippen LogP contribution in [0.2, 0.25) is 0 Å². The molecule has 7 heteroatoms. The Hall–Kier alpha value is -2.54. The second kappa shape index (κ2) is 6.95. The molecule has 0 aromatic heterocycles. The van der Waals surface area contributed by atoms with Crippen LogP contribution in [-0.4, -0.2) is 17.0 Å². The van der Waals surface area contributed by atoms with Crippen molar-refractivity contribution in [2.24, 2.45) is 5.10 Å². The van der Waals surface area contributed by atoms with Gasteiger partial charge in [-0.15, -0.1) is 0 Å². The number of rotatable bonds is 4. The molecular formula is C15H12BrN3O3. The Morgan fingerprint density at radius 1 is 1.32 bits per heavy atom. The fourth-order valence-corrected chi connectivity index (χ4v) is 2.24. The minimum Gasteiger partial charge on any atom is -0.267 e. The van der Waals surface area contributed by atoms with Crippen LogP contribution in [0, 0.1) is 17.0 Å². The Morgan fingerprint density at radius 3 is 2.73 bits per heavy atom. The van der Waals surface area contributed by atoms with Crippen LogP contribution in [0.25, 0.3) is 0 Å². The first-order valence-corrected chi connectivity index (χ1v) is 7.10. The molecule has 0 unspecified atom stereocenters. The lowest BCUT2D eigenvalue weighted by molar-refractivity contribution is -0.385. The summed E-state index contributed by atoms with van der Waals surface area (Å²) in [6.45, 7) is 1.58. The molecule has 0 spiro atoms. The lowest BCUT2D eigenvalue weighted by Crippen LogP contribution is -2.17. The van der Waals surface area contributed by atoms with E-state index in [1.807, 2.05) is 24.3 Å². The first kappa shape index (κ1) is 15.8. The fourth-order valence-electron chi connectivity index (χ4n) is 1.82. The van der Waals surface area contributed by atoms with E-state index in [4.69, 9.17) is 0 Å². The maximum absolute atomic E-state index is 11.9. The number of nitrogens with one attached hydrogen (secondary N) is 1. The molecule has 0 saturated heterocycles. The van der Waals surface area contributed by atoms with Gasteiger partial charge in [-0.25, -0.2) is 5.43 Å². The fraction of sp³-hybridized carbons (Fsp3) is 0.0667. The Morgan fingerprint density at radius 2 is 2.09 bits per heavy atom. The van der Waals surface area contributed by atoms with Crippen LogP contribution in [0.3, 0.4) is 0 Å². The third kappa shape index (κ3) is 3.98. The number of carbonyl (C=O) groups is 1. The Bertz CT molecular complexity index is 759. The smallest absolute Gasteiger partial charge is 0.267 e. The van der Waals surface area contributed by atoms with Gasteiger partial charge in [0.05, 0.1) is 11.1 Å². The van der Waals surface area contributed by atoms with Crippen molar-refractivity contribution in [1.29, 1.82) is 0 Å². The van der Waals surface area contributed by atoms with E-state index >= 15 is 0 Å². The molecule has 0 heterocycles. The lowest BCUT2D eigenvalue weighted by atomic mass is 10.1. The zero-order valence-electron chi connectivity index (χ0n) is 11.6. The first-order chi connectivity index (χ1) is 10.5. The van der Waals surface area contributed by atoms with Crippen LogP contribution in [-0.2, 0) is 0 Å². The van der Waals surface area contributed by atoms with Gasteiger partial charge in [-0.3, -0.25) is 14.9 Å². The summed E-state index contributed by atoms with van der Waals surface area (Å²) in [7, 11) is 0. The van der Waals surface area contributed by atoms with Gasteiger partial charge in [0, 0.05) is 21.7 Å². The summed E-state index contributed by atoms with van der Waals surface area (Å²) in [5.41, 5.74) is 3.94. The molecule has 6 nitrogen and oxygen atoms in total. The maximum Gasteiger partial charge on any atom is 0.272 e. The lowest BCUT2D eigenvalue weighted by Gasteiger charge is -2.02. The quantitative estimate of drug-likeness (QED) is 0.514. The number of carbonyl (C=O) groups excluding carboxylic acids is 1. The topological polar surface area (TPSA) is 84.6 Å². The van der Waals surface area contributed by atoms with Crippen LogP contribution < -0.4 is 5.43 Å². The second-order valence-electron chi connectivity index (χ2n) is 4.51. The van der Waals surface area contributed by atoms with E-state index in [2.05, 4.69) is 26.5 Å². The van der Waals surface area contributed by atoms with Crippen molar-refractivity contribution >= 4 is 33.7 Å². The molecule has 1 N–H and O–H groups in total. The van der Waals surface area contributed by atoms with Crippen LogP contribution in [0.15, 0.2) is 52.0 Å². The molecule has 0 aliphatic rings. The highest BCUT2D eigenvalue weighted by molar-refractivity contribution is 9.10. The normalized spacial score (nSPS) is 10.6. The van der Waals surface area contributed by atoms with E-state index in [1.54, 1.807) is 6.92 Å². The summed E-state index contributed by atoms with van der Waals surface area (Å²) in [6.07, 6.45) is 1.51. The number of hydrogen-bond donors (Lipinski definition) is 1. The van der Waals surface area contributed by atoms with Crippen molar-refractivity contribution < 1.29 is 9.72 Å². The highest BCUT2D eigenvalue weighted by atomic mass is 79.9. The summed E-state index contributed by atoms with van der Waals surface area (Å²) in [5.74, 6) is -0.427. The molecule has 0 radical (unpaired) electrons. The minimum absolute atomic E-state index is 0.0193. The molecule has 112 valence electrons. The van der Waals surface area contributed by atoms with Gasteiger partial charge >= 0.3 is 0 Å². The zero-order chi connectivity index (χ0) is 16.1. The van der Waals surface area contributed by atoms with E-state index in [1.165, 1.54) is 24.4 Å².